The molecule has 0 aliphatic carbocycles. The molecule has 1 amide bonds. The first-order chi connectivity index (χ1) is 15.5. The molecule has 1 N–H and O–H groups in total. The molecule has 32 heavy (non-hydrogen) atoms. The van der Waals surface area contributed by atoms with Crippen LogP contribution in [0.4, 0.5) is 5.69 Å². The Hall–Kier alpha value is -4.06. The molecule has 0 radical (unpaired) electrons. The Labute approximate surface area is 186 Å². The van der Waals surface area contributed by atoms with E-state index in [4.69, 9.17) is 4.99 Å². The number of nitrogens with one attached hydrogen (secondary N) is 1. The molecule has 0 atom stereocenters. The zero-order valence-corrected chi connectivity index (χ0v) is 18.0. The highest BCUT2D eigenvalue weighted by molar-refractivity contribution is 6.12. The summed E-state index contributed by atoms with van der Waals surface area (Å²) in [6.07, 6.45) is 7.29. The summed E-state index contributed by atoms with van der Waals surface area (Å²) in [6.45, 7) is 4.82. The van der Waals surface area contributed by atoms with Gasteiger partial charge in [0.1, 0.15) is 0 Å². The van der Waals surface area contributed by atoms with Crippen LogP contribution in [-0.2, 0) is 12.0 Å². The molecule has 1 aliphatic rings. The van der Waals surface area contributed by atoms with Crippen molar-refractivity contribution in [2.24, 2.45) is 4.99 Å². The molecule has 0 saturated heterocycles. The highest BCUT2D eigenvalue weighted by atomic mass is 16.1. The highest BCUT2D eigenvalue weighted by Gasteiger charge is 2.36. The Bertz CT molecular complexity index is 1300. The van der Waals surface area contributed by atoms with E-state index in [1.807, 2.05) is 65.6 Å². The zero-order chi connectivity index (χ0) is 22.1. The van der Waals surface area contributed by atoms with Crippen molar-refractivity contribution in [1.82, 2.24) is 20.1 Å². The number of carbonyl (C=O) groups is 1. The van der Waals surface area contributed by atoms with Gasteiger partial charge >= 0.3 is 0 Å². The number of benzene rings is 2. The van der Waals surface area contributed by atoms with Crippen LogP contribution in [0.25, 0.3) is 5.69 Å². The number of hydrogen-bond acceptors (Lipinski definition) is 4. The fraction of sp³-hybridized carbons (Fsp3) is 0.154. The average Bonchev–Trinajstić information content (AvgIpc) is 3.41. The summed E-state index contributed by atoms with van der Waals surface area (Å²) >= 11 is 0. The van der Waals surface area contributed by atoms with Crippen LogP contribution in [-0.4, -0.2) is 26.4 Å². The van der Waals surface area contributed by atoms with Crippen molar-refractivity contribution in [3.05, 3.63) is 108 Å². The zero-order valence-electron chi connectivity index (χ0n) is 18.0. The van der Waals surface area contributed by atoms with Gasteiger partial charge in [0, 0.05) is 41.7 Å². The number of aliphatic imine (C=N–C) groups is 1. The molecule has 2 aromatic heterocycles. The van der Waals surface area contributed by atoms with E-state index in [9.17, 15) is 4.79 Å². The van der Waals surface area contributed by atoms with Crippen molar-refractivity contribution < 1.29 is 4.79 Å². The molecule has 6 heteroatoms. The van der Waals surface area contributed by atoms with E-state index < -0.39 is 0 Å². The molecule has 158 valence electrons. The van der Waals surface area contributed by atoms with E-state index >= 15 is 0 Å². The lowest BCUT2D eigenvalue weighted by Crippen LogP contribution is -2.26. The molecule has 1 aliphatic heterocycles. The molecule has 0 unspecified atom stereocenters. The van der Waals surface area contributed by atoms with E-state index in [0.29, 0.717) is 12.1 Å². The van der Waals surface area contributed by atoms with Gasteiger partial charge in [0.15, 0.2) is 0 Å². The van der Waals surface area contributed by atoms with E-state index in [1.54, 1.807) is 12.4 Å². The summed E-state index contributed by atoms with van der Waals surface area (Å²) in [7, 11) is 0. The first-order valence-corrected chi connectivity index (χ1v) is 10.5. The standard InChI is InChI=1S/C26H23N5O/c1-26(2)22-7-3-4-8-23(22)30-24(26)20-16-29-31(17-20)21-11-9-19(10-12-21)25(32)28-15-18-6-5-13-27-14-18/h3-14,16-17H,15H2,1-2H3,(H,28,32). The van der Waals surface area contributed by atoms with E-state index in [-0.39, 0.29) is 11.3 Å². The lowest BCUT2D eigenvalue weighted by Gasteiger charge is -2.21. The molecule has 2 aromatic carbocycles. The minimum atomic E-state index is -0.180. The van der Waals surface area contributed by atoms with Crippen LogP contribution in [0.3, 0.4) is 0 Å². The predicted molar refractivity (Wildman–Crippen MR) is 125 cm³/mol. The van der Waals surface area contributed by atoms with Gasteiger partial charge in [-0.25, -0.2) is 4.68 Å². The minimum Gasteiger partial charge on any atom is -0.348 e. The molecular weight excluding hydrogens is 398 g/mol. The third-order valence-corrected chi connectivity index (χ3v) is 5.83. The third-order valence-electron chi connectivity index (χ3n) is 5.83. The maximum atomic E-state index is 12.5. The van der Waals surface area contributed by atoms with Crippen LogP contribution in [0.15, 0.2) is 90.4 Å². The molecular formula is C26H23N5O. The smallest absolute Gasteiger partial charge is 0.251 e. The van der Waals surface area contributed by atoms with Gasteiger partial charge in [-0.15, -0.1) is 0 Å². The lowest BCUT2D eigenvalue weighted by molar-refractivity contribution is 0.0951. The molecule has 5 rings (SSSR count). The Morgan fingerprint density at radius 3 is 2.56 bits per heavy atom. The van der Waals surface area contributed by atoms with Crippen LogP contribution in [0.5, 0.6) is 0 Å². The molecule has 0 fully saturated rings. The van der Waals surface area contributed by atoms with Crippen LogP contribution in [0.2, 0.25) is 0 Å². The summed E-state index contributed by atoms with van der Waals surface area (Å²) < 4.78 is 1.81. The normalized spacial score (nSPS) is 14.0. The number of hydrogen-bond donors (Lipinski definition) is 1. The van der Waals surface area contributed by atoms with Crippen molar-refractivity contribution in [2.75, 3.05) is 0 Å². The molecule has 0 saturated carbocycles. The van der Waals surface area contributed by atoms with Crippen LogP contribution >= 0.6 is 0 Å². The Morgan fingerprint density at radius 2 is 1.81 bits per heavy atom. The first kappa shape index (κ1) is 19.9. The Balaban J connectivity index is 1.31. The van der Waals surface area contributed by atoms with Crippen LogP contribution in [0, 0.1) is 0 Å². The number of rotatable bonds is 5. The van der Waals surface area contributed by atoms with Crippen molar-refractivity contribution >= 4 is 17.3 Å². The van der Waals surface area contributed by atoms with Gasteiger partial charge in [0.2, 0.25) is 0 Å². The van der Waals surface area contributed by atoms with Crippen molar-refractivity contribution in [3.63, 3.8) is 0 Å². The van der Waals surface area contributed by atoms with E-state index in [2.05, 4.69) is 41.4 Å². The minimum absolute atomic E-state index is 0.124. The topological polar surface area (TPSA) is 72.2 Å². The average molecular weight is 422 g/mol. The molecule has 4 aromatic rings. The number of pyridine rings is 1. The van der Waals surface area contributed by atoms with Crippen molar-refractivity contribution in [1.29, 1.82) is 0 Å². The second-order valence-electron chi connectivity index (χ2n) is 8.37. The number of aromatic nitrogens is 3. The third kappa shape index (κ3) is 3.60. The summed E-state index contributed by atoms with van der Waals surface area (Å²) in [6, 6.07) is 19.4. The largest absolute Gasteiger partial charge is 0.348 e. The Kier molecular flexibility index (Phi) is 4.90. The maximum Gasteiger partial charge on any atom is 0.251 e. The van der Waals surface area contributed by atoms with Gasteiger partial charge in [-0.1, -0.05) is 38.1 Å². The highest BCUT2D eigenvalue weighted by Crippen LogP contribution is 2.41. The van der Waals surface area contributed by atoms with Gasteiger partial charge in [0.05, 0.1) is 23.3 Å². The molecule has 0 spiro atoms. The second kappa shape index (κ2) is 7.89. The Morgan fingerprint density at radius 1 is 1.00 bits per heavy atom. The molecule has 0 bridgehead atoms. The van der Waals surface area contributed by atoms with Crippen molar-refractivity contribution in [3.8, 4) is 5.69 Å². The molecule has 3 heterocycles. The van der Waals surface area contributed by atoms with Crippen LogP contribution in [0.1, 0.15) is 40.9 Å². The van der Waals surface area contributed by atoms with Crippen LogP contribution < -0.4 is 5.32 Å². The lowest BCUT2D eigenvalue weighted by atomic mass is 9.80. The van der Waals surface area contributed by atoms with Gasteiger partial charge in [-0.05, 0) is 47.5 Å². The summed E-state index contributed by atoms with van der Waals surface area (Å²) in [5.74, 6) is -0.124. The van der Waals surface area contributed by atoms with Gasteiger partial charge in [-0.2, -0.15) is 5.10 Å². The predicted octanol–water partition coefficient (Wildman–Crippen LogP) is 4.61. The fourth-order valence-electron chi connectivity index (χ4n) is 4.05. The second-order valence-corrected chi connectivity index (χ2v) is 8.37. The van der Waals surface area contributed by atoms with E-state index in [1.165, 1.54) is 5.56 Å². The van der Waals surface area contributed by atoms with Gasteiger partial charge in [0.25, 0.3) is 5.91 Å². The number of nitrogens with zero attached hydrogens (tertiary/aromatic N) is 4. The quantitative estimate of drug-likeness (QED) is 0.511. The van der Waals surface area contributed by atoms with Gasteiger partial charge < -0.3 is 5.32 Å². The first-order valence-electron chi connectivity index (χ1n) is 10.5. The number of amides is 1. The fourth-order valence-corrected chi connectivity index (χ4v) is 4.05. The SMILES string of the molecule is CC1(C)C(c2cnn(-c3ccc(C(=O)NCc4cccnc4)cc3)c2)=Nc2ccccc21. The summed E-state index contributed by atoms with van der Waals surface area (Å²) in [5.41, 5.74) is 6.50. The number of para-hydroxylation sites is 1. The summed E-state index contributed by atoms with van der Waals surface area (Å²) in [4.78, 5) is 21.4. The monoisotopic (exact) mass is 421 g/mol. The number of carbonyl (C=O) groups excluding carboxylic acids is 1. The summed E-state index contributed by atoms with van der Waals surface area (Å²) in [5, 5.41) is 7.45. The van der Waals surface area contributed by atoms with Crippen molar-refractivity contribution in [2.45, 2.75) is 25.8 Å². The number of fused-ring (bicyclic) bond motifs is 1. The van der Waals surface area contributed by atoms with Gasteiger partial charge in [-0.3, -0.25) is 14.8 Å². The van der Waals surface area contributed by atoms with E-state index in [0.717, 1.165) is 28.2 Å². The maximum absolute atomic E-state index is 12.5. The molecule has 6 nitrogen and oxygen atoms in total.